The van der Waals surface area contributed by atoms with Gasteiger partial charge in [-0.1, -0.05) is 0 Å². The zero-order chi connectivity index (χ0) is 11.3. The van der Waals surface area contributed by atoms with Crippen LogP contribution in [-0.4, -0.2) is 48.8 Å². The predicted octanol–water partition coefficient (Wildman–Crippen LogP) is 1.21. The van der Waals surface area contributed by atoms with Gasteiger partial charge in [-0.05, 0) is 38.8 Å². The predicted molar refractivity (Wildman–Crippen MR) is 57.9 cm³/mol. The van der Waals surface area contributed by atoms with Crippen LogP contribution < -0.4 is 0 Å². The van der Waals surface area contributed by atoms with E-state index < -0.39 is 5.97 Å². The molecule has 0 saturated carbocycles. The summed E-state index contributed by atoms with van der Waals surface area (Å²) in [5, 5.41) is 8.68. The van der Waals surface area contributed by atoms with Gasteiger partial charge in [-0.3, -0.25) is 4.79 Å². The summed E-state index contributed by atoms with van der Waals surface area (Å²) in [6.45, 7) is 5.02. The molecule has 1 aliphatic rings. The Labute approximate surface area is 91.2 Å². The highest BCUT2D eigenvalue weighted by Gasteiger charge is 2.21. The molecule has 1 N–H and O–H groups in total. The largest absolute Gasteiger partial charge is 0.481 e. The summed E-state index contributed by atoms with van der Waals surface area (Å²) >= 11 is 0. The second-order valence-electron chi connectivity index (χ2n) is 4.39. The van der Waals surface area contributed by atoms with Gasteiger partial charge in [0.05, 0.1) is 6.10 Å². The van der Waals surface area contributed by atoms with Gasteiger partial charge in [0, 0.05) is 20.1 Å². The summed E-state index contributed by atoms with van der Waals surface area (Å²) in [6.07, 6.45) is 2.60. The second kappa shape index (κ2) is 6.08. The van der Waals surface area contributed by atoms with E-state index in [4.69, 9.17) is 9.84 Å². The smallest absolute Gasteiger partial charge is 0.303 e. The minimum Gasteiger partial charge on any atom is -0.481 e. The number of nitrogens with zero attached hydrogens (tertiary/aromatic N) is 1. The monoisotopic (exact) mass is 215 g/mol. The van der Waals surface area contributed by atoms with Crippen molar-refractivity contribution < 1.29 is 14.6 Å². The molecule has 15 heavy (non-hydrogen) atoms. The molecule has 0 aromatic rings. The lowest BCUT2D eigenvalue weighted by atomic mass is 9.93. The van der Waals surface area contributed by atoms with Gasteiger partial charge in [-0.25, -0.2) is 0 Å². The fourth-order valence-electron chi connectivity index (χ4n) is 2.06. The Morgan fingerprint density at radius 2 is 2.13 bits per heavy atom. The molecule has 1 heterocycles. The van der Waals surface area contributed by atoms with Crippen molar-refractivity contribution in [3.05, 3.63) is 0 Å². The average molecular weight is 215 g/mol. The lowest BCUT2D eigenvalue weighted by Crippen LogP contribution is -2.38. The molecule has 1 aliphatic heterocycles. The van der Waals surface area contributed by atoms with Crippen molar-refractivity contribution in [3.63, 3.8) is 0 Å². The number of hydrogen-bond acceptors (Lipinski definition) is 3. The number of carboxylic acid groups (broad SMARTS) is 1. The van der Waals surface area contributed by atoms with E-state index >= 15 is 0 Å². The summed E-state index contributed by atoms with van der Waals surface area (Å²) < 4.78 is 5.21. The highest BCUT2D eigenvalue weighted by atomic mass is 16.5. The molecule has 4 heteroatoms. The number of likely N-dealkylation sites (tertiary alicyclic amines) is 1. The molecule has 0 aromatic heterocycles. The Kier molecular flexibility index (Phi) is 5.05. The van der Waals surface area contributed by atoms with E-state index in [9.17, 15) is 4.79 Å². The van der Waals surface area contributed by atoms with Crippen LogP contribution in [0.1, 0.15) is 26.2 Å². The quantitative estimate of drug-likeness (QED) is 0.749. The van der Waals surface area contributed by atoms with Gasteiger partial charge in [-0.2, -0.15) is 0 Å². The topological polar surface area (TPSA) is 49.8 Å². The van der Waals surface area contributed by atoms with Crippen LogP contribution in [0.15, 0.2) is 0 Å². The molecular weight excluding hydrogens is 194 g/mol. The Balaban J connectivity index is 2.20. The molecule has 1 unspecified atom stereocenters. The molecule has 1 atom stereocenters. The van der Waals surface area contributed by atoms with Crippen LogP contribution >= 0.6 is 0 Å². The minimum atomic E-state index is -0.668. The number of methoxy groups -OCH3 is 1. The third-order valence-corrected chi connectivity index (χ3v) is 3.09. The van der Waals surface area contributed by atoms with Crippen LogP contribution in [0.2, 0.25) is 0 Å². The third-order valence-electron chi connectivity index (χ3n) is 3.09. The molecule has 88 valence electrons. The molecule has 1 rings (SSSR count). The SMILES string of the molecule is COC(C)CN1CCC(CC(=O)O)CC1. The van der Waals surface area contributed by atoms with E-state index in [-0.39, 0.29) is 6.10 Å². The lowest BCUT2D eigenvalue weighted by Gasteiger charge is -2.32. The van der Waals surface area contributed by atoms with Gasteiger partial charge in [0.15, 0.2) is 0 Å². The second-order valence-corrected chi connectivity index (χ2v) is 4.39. The fourth-order valence-corrected chi connectivity index (χ4v) is 2.06. The van der Waals surface area contributed by atoms with Crippen molar-refractivity contribution in [1.29, 1.82) is 0 Å². The molecule has 0 bridgehead atoms. The van der Waals surface area contributed by atoms with Gasteiger partial charge in [0.2, 0.25) is 0 Å². The summed E-state index contributed by atoms with van der Waals surface area (Å²) in [6, 6.07) is 0. The van der Waals surface area contributed by atoms with E-state index in [2.05, 4.69) is 11.8 Å². The first-order valence-electron chi connectivity index (χ1n) is 5.58. The van der Waals surface area contributed by atoms with Gasteiger partial charge < -0.3 is 14.7 Å². The van der Waals surface area contributed by atoms with E-state index in [1.807, 2.05) is 0 Å². The maximum Gasteiger partial charge on any atom is 0.303 e. The number of carbonyl (C=O) groups is 1. The molecule has 4 nitrogen and oxygen atoms in total. The molecule has 0 aliphatic carbocycles. The minimum absolute atomic E-state index is 0.265. The standard InChI is InChI=1S/C11H21NO3/c1-9(15-2)8-12-5-3-10(4-6-12)7-11(13)14/h9-10H,3-8H2,1-2H3,(H,13,14). The Morgan fingerprint density at radius 1 is 1.53 bits per heavy atom. The van der Waals surface area contributed by atoms with Crippen LogP contribution in [-0.2, 0) is 9.53 Å². The summed E-state index contributed by atoms with van der Waals surface area (Å²) in [7, 11) is 1.72. The zero-order valence-electron chi connectivity index (χ0n) is 9.61. The molecule has 0 amide bonds. The summed E-state index contributed by atoms with van der Waals surface area (Å²) in [5.41, 5.74) is 0. The molecule has 0 radical (unpaired) electrons. The first-order chi connectivity index (χ1) is 7.11. The molecule has 1 saturated heterocycles. The fraction of sp³-hybridized carbons (Fsp3) is 0.909. The number of rotatable bonds is 5. The van der Waals surface area contributed by atoms with Crippen molar-refractivity contribution in [3.8, 4) is 0 Å². The van der Waals surface area contributed by atoms with Crippen molar-refractivity contribution in [2.45, 2.75) is 32.3 Å². The highest BCUT2D eigenvalue weighted by Crippen LogP contribution is 2.20. The molecule has 0 spiro atoms. The van der Waals surface area contributed by atoms with Crippen molar-refractivity contribution >= 4 is 5.97 Å². The van der Waals surface area contributed by atoms with Crippen molar-refractivity contribution in [2.75, 3.05) is 26.7 Å². The Hall–Kier alpha value is -0.610. The zero-order valence-corrected chi connectivity index (χ0v) is 9.61. The van der Waals surface area contributed by atoms with Crippen LogP contribution in [0, 0.1) is 5.92 Å². The Bertz CT molecular complexity index is 200. The molecule has 1 fully saturated rings. The van der Waals surface area contributed by atoms with Crippen LogP contribution in [0.3, 0.4) is 0 Å². The maximum absolute atomic E-state index is 10.5. The van der Waals surface area contributed by atoms with Gasteiger partial charge in [0.25, 0.3) is 0 Å². The van der Waals surface area contributed by atoms with E-state index in [0.29, 0.717) is 12.3 Å². The number of piperidine rings is 1. The van der Waals surface area contributed by atoms with Crippen molar-refractivity contribution in [2.24, 2.45) is 5.92 Å². The van der Waals surface area contributed by atoms with Crippen LogP contribution in [0.25, 0.3) is 0 Å². The highest BCUT2D eigenvalue weighted by molar-refractivity contribution is 5.67. The van der Waals surface area contributed by atoms with Crippen LogP contribution in [0.5, 0.6) is 0 Å². The number of hydrogen-bond donors (Lipinski definition) is 1. The lowest BCUT2D eigenvalue weighted by molar-refractivity contribution is -0.138. The Morgan fingerprint density at radius 3 is 2.60 bits per heavy atom. The van der Waals surface area contributed by atoms with Gasteiger partial charge >= 0.3 is 5.97 Å². The number of carboxylic acids is 1. The normalized spacial score (nSPS) is 21.5. The number of aliphatic carboxylic acids is 1. The van der Waals surface area contributed by atoms with Gasteiger partial charge in [-0.15, -0.1) is 0 Å². The van der Waals surface area contributed by atoms with E-state index in [1.54, 1.807) is 7.11 Å². The third kappa shape index (κ3) is 4.62. The van der Waals surface area contributed by atoms with E-state index in [1.165, 1.54) is 0 Å². The van der Waals surface area contributed by atoms with Crippen LogP contribution in [0.4, 0.5) is 0 Å². The number of ether oxygens (including phenoxy) is 1. The van der Waals surface area contributed by atoms with Crippen molar-refractivity contribution in [1.82, 2.24) is 4.90 Å². The summed E-state index contributed by atoms with van der Waals surface area (Å²) in [5.74, 6) is -0.296. The summed E-state index contributed by atoms with van der Waals surface area (Å²) in [4.78, 5) is 12.9. The molecular formula is C11H21NO3. The van der Waals surface area contributed by atoms with E-state index in [0.717, 1.165) is 32.5 Å². The maximum atomic E-state index is 10.5. The average Bonchev–Trinajstić information content (AvgIpc) is 2.20. The van der Waals surface area contributed by atoms with Gasteiger partial charge in [0.1, 0.15) is 0 Å². The first-order valence-corrected chi connectivity index (χ1v) is 5.58. The molecule has 0 aromatic carbocycles. The first kappa shape index (κ1) is 12.5.